The Morgan fingerprint density at radius 3 is 2.24 bits per heavy atom. The molecule has 3 aromatic rings. The van der Waals surface area contributed by atoms with E-state index in [1.54, 1.807) is 12.1 Å². The van der Waals surface area contributed by atoms with E-state index in [1.807, 2.05) is 6.92 Å². The average molecular weight is 342 g/mol. The smallest absolute Gasteiger partial charge is 0.290 e. The number of hydrogen-bond acceptors (Lipinski definition) is 3. The van der Waals surface area contributed by atoms with E-state index in [-0.39, 0.29) is 17.5 Å². The molecule has 1 heterocycles. The van der Waals surface area contributed by atoms with Crippen LogP contribution in [0.2, 0.25) is 0 Å². The third-order valence-corrected chi connectivity index (χ3v) is 3.52. The second-order valence-electron chi connectivity index (χ2n) is 5.41. The Hall–Kier alpha value is -3.09. The molecule has 0 radical (unpaired) electrons. The summed E-state index contributed by atoms with van der Waals surface area (Å²) >= 11 is 0. The van der Waals surface area contributed by atoms with Gasteiger partial charge < -0.3 is 5.32 Å². The molecular weight excluding hydrogens is 326 g/mol. The van der Waals surface area contributed by atoms with Crippen LogP contribution < -0.4 is 5.32 Å². The Labute approximate surface area is 143 Å². The van der Waals surface area contributed by atoms with E-state index in [0.717, 1.165) is 6.42 Å². The van der Waals surface area contributed by atoms with E-state index in [0.29, 0.717) is 23.6 Å². The summed E-state index contributed by atoms with van der Waals surface area (Å²) in [5.41, 5.74) is 1.13. The highest BCUT2D eigenvalue weighted by Crippen LogP contribution is 2.22. The second kappa shape index (κ2) is 7.21. The molecule has 1 aromatic heterocycles. The molecule has 0 saturated carbocycles. The van der Waals surface area contributed by atoms with Crippen molar-refractivity contribution in [3.63, 3.8) is 0 Å². The minimum atomic E-state index is -0.397. The summed E-state index contributed by atoms with van der Waals surface area (Å²) < 4.78 is 27.8. The van der Waals surface area contributed by atoms with Gasteiger partial charge >= 0.3 is 0 Å². The lowest BCUT2D eigenvalue weighted by Gasteiger charge is -2.05. The lowest BCUT2D eigenvalue weighted by Crippen LogP contribution is -2.25. The molecule has 25 heavy (non-hydrogen) atoms. The predicted molar refractivity (Wildman–Crippen MR) is 89.3 cm³/mol. The van der Waals surface area contributed by atoms with E-state index < -0.39 is 5.91 Å². The molecule has 5 nitrogen and oxygen atoms in total. The van der Waals surface area contributed by atoms with Gasteiger partial charge in [0.2, 0.25) is 5.82 Å². The van der Waals surface area contributed by atoms with E-state index in [1.165, 1.54) is 41.1 Å². The molecule has 7 heteroatoms. The molecule has 0 saturated heterocycles. The van der Waals surface area contributed by atoms with Crippen LogP contribution in [-0.4, -0.2) is 27.2 Å². The highest BCUT2D eigenvalue weighted by Gasteiger charge is 2.18. The standard InChI is InChI=1S/C18H16F2N4O/c1-2-11-21-18(25)16-22-17(12-3-5-13(19)6-4-12)24(23-16)15-9-7-14(20)8-10-15/h3-10H,2,11H2,1H3,(H,21,25). The molecule has 1 N–H and O–H groups in total. The quantitative estimate of drug-likeness (QED) is 0.773. The van der Waals surface area contributed by atoms with E-state index in [4.69, 9.17) is 0 Å². The third kappa shape index (κ3) is 3.71. The Balaban J connectivity index is 2.07. The van der Waals surface area contributed by atoms with Gasteiger partial charge in [-0.05, 0) is 55.0 Å². The van der Waals surface area contributed by atoms with Gasteiger partial charge in [0.05, 0.1) is 5.69 Å². The second-order valence-corrected chi connectivity index (χ2v) is 5.41. The maximum atomic E-state index is 13.2. The van der Waals surface area contributed by atoms with Crippen LogP contribution in [0.1, 0.15) is 24.0 Å². The van der Waals surface area contributed by atoms with Crippen molar-refractivity contribution in [2.75, 3.05) is 6.54 Å². The number of nitrogens with zero attached hydrogens (tertiary/aromatic N) is 3. The van der Waals surface area contributed by atoms with Crippen LogP contribution in [0.15, 0.2) is 48.5 Å². The zero-order chi connectivity index (χ0) is 17.8. The Bertz CT molecular complexity index is 810. The molecule has 0 spiro atoms. The van der Waals surface area contributed by atoms with Crippen LogP contribution in [0, 0.1) is 11.6 Å². The van der Waals surface area contributed by atoms with Crippen molar-refractivity contribution in [2.45, 2.75) is 13.3 Å². The van der Waals surface area contributed by atoms with Gasteiger partial charge in [0.1, 0.15) is 11.6 Å². The van der Waals surface area contributed by atoms with Crippen molar-refractivity contribution in [1.82, 2.24) is 20.1 Å². The van der Waals surface area contributed by atoms with Gasteiger partial charge in [0, 0.05) is 12.1 Å². The van der Waals surface area contributed by atoms with Gasteiger partial charge in [-0.25, -0.2) is 18.4 Å². The van der Waals surface area contributed by atoms with Gasteiger partial charge in [0.25, 0.3) is 5.91 Å². The molecule has 0 fully saturated rings. The molecular formula is C18H16F2N4O. The van der Waals surface area contributed by atoms with Crippen LogP contribution in [0.25, 0.3) is 17.1 Å². The predicted octanol–water partition coefficient (Wildman–Crippen LogP) is 3.35. The lowest BCUT2D eigenvalue weighted by molar-refractivity contribution is 0.0943. The van der Waals surface area contributed by atoms with Crippen molar-refractivity contribution >= 4 is 5.91 Å². The van der Waals surface area contributed by atoms with Crippen molar-refractivity contribution in [3.8, 4) is 17.1 Å². The number of hydrogen-bond donors (Lipinski definition) is 1. The van der Waals surface area contributed by atoms with Crippen molar-refractivity contribution in [3.05, 3.63) is 66.0 Å². The maximum Gasteiger partial charge on any atom is 0.290 e. The van der Waals surface area contributed by atoms with Crippen LogP contribution in [0.4, 0.5) is 8.78 Å². The van der Waals surface area contributed by atoms with Gasteiger partial charge in [-0.3, -0.25) is 4.79 Å². The summed E-state index contributed by atoms with van der Waals surface area (Å²) in [5, 5.41) is 6.95. The van der Waals surface area contributed by atoms with Crippen molar-refractivity contribution in [1.29, 1.82) is 0 Å². The summed E-state index contributed by atoms with van der Waals surface area (Å²) in [7, 11) is 0. The zero-order valence-corrected chi connectivity index (χ0v) is 13.5. The normalized spacial score (nSPS) is 10.7. The molecule has 0 bridgehead atoms. The number of carbonyl (C=O) groups excluding carboxylic acids is 1. The Morgan fingerprint density at radius 2 is 1.64 bits per heavy atom. The van der Waals surface area contributed by atoms with Crippen molar-refractivity contribution in [2.24, 2.45) is 0 Å². The highest BCUT2D eigenvalue weighted by atomic mass is 19.1. The van der Waals surface area contributed by atoms with E-state index in [9.17, 15) is 13.6 Å². The number of nitrogens with one attached hydrogen (secondary N) is 1. The third-order valence-electron chi connectivity index (χ3n) is 3.52. The SMILES string of the molecule is CCCNC(=O)c1nc(-c2ccc(F)cc2)n(-c2ccc(F)cc2)n1. The topological polar surface area (TPSA) is 59.8 Å². The molecule has 1 amide bonds. The monoisotopic (exact) mass is 342 g/mol. The van der Waals surface area contributed by atoms with Gasteiger partial charge in [-0.2, -0.15) is 0 Å². The van der Waals surface area contributed by atoms with Gasteiger partial charge in [-0.15, -0.1) is 5.10 Å². The first-order chi connectivity index (χ1) is 12.1. The molecule has 2 aromatic carbocycles. The number of carbonyl (C=O) groups is 1. The summed E-state index contributed by atoms with van der Waals surface area (Å²) in [6.07, 6.45) is 0.787. The summed E-state index contributed by atoms with van der Waals surface area (Å²) in [5.74, 6) is -0.790. The first-order valence-electron chi connectivity index (χ1n) is 7.85. The summed E-state index contributed by atoms with van der Waals surface area (Å²) in [4.78, 5) is 16.5. The fourth-order valence-electron chi connectivity index (χ4n) is 2.27. The maximum absolute atomic E-state index is 13.2. The number of rotatable bonds is 5. The Morgan fingerprint density at radius 1 is 1.04 bits per heavy atom. The van der Waals surface area contributed by atoms with E-state index in [2.05, 4.69) is 15.4 Å². The largest absolute Gasteiger partial charge is 0.349 e. The molecule has 0 aliphatic heterocycles. The first-order valence-corrected chi connectivity index (χ1v) is 7.85. The molecule has 128 valence electrons. The molecule has 3 rings (SSSR count). The molecule has 0 unspecified atom stereocenters. The number of halogens is 2. The van der Waals surface area contributed by atoms with Crippen LogP contribution in [-0.2, 0) is 0 Å². The van der Waals surface area contributed by atoms with Crippen molar-refractivity contribution < 1.29 is 13.6 Å². The van der Waals surface area contributed by atoms with Gasteiger partial charge in [0.15, 0.2) is 5.82 Å². The minimum Gasteiger partial charge on any atom is -0.349 e. The first kappa shape index (κ1) is 16.8. The number of amides is 1. The Kier molecular flexibility index (Phi) is 4.83. The molecule has 0 aliphatic rings. The van der Waals surface area contributed by atoms with Crippen LogP contribution in [0.5, 0.6) is 0 Å². The lowest BCUT2D eigenvalue weighted by atomic mass is 10.2. The van der Waals surface area contributed by atoms with Crippen LogP contribution in [0.3, 0.4) is 0 Å². The zero-order valence-electron chi connectivity index (χ0n) is 13.5. The fourth-order valence-corrected chi connectivity index (χ4v) is 2.27. The number of benzene rings is 2. The number of aromatic nitrogens is 3. The minimum absolute atomic E-state index is 0.00269. The molecule has 0 atom stereocenters. The van der Waals surface area contributed by atoms with E-state index >= 15 is 0 Å². The fraction of sp³-hybridized carbons (Fsp3) is 0.167. The molecule has 0 aliphatic carbocycles. The summed E-state index contributed by atoms with van der Waals surface area (Å²) in [6.45, 7) is 2.45. The highest BCUT2D eigenvalue weighted by molar-refractivity contribution is 5.91. The van der Waals surface area contributed by atoms with Crippen LogP contribution >= 0.6 is 0 Å². The van der Waals surface area contributed by atoms with Gasteiger partial charge in [-0.1, -0.05) is 6.92 Å². The summed E-state index contributed by atoms with van der Waals surface area (Å²) in [6, 6.07) is 11.4. The average Bonchev–Trinajstić information content (AvgIpc) is 3.06.